The smallest absolute Gasteiger partial charge is 0.271 e. The van der Waals surface area contributed by atoms with Crippen LogP contribution in [0.15, 0.2) is 30.5 Å². The van der Waals surface area contributed by atoms with Gasteiger partial charge in [-0.15, -0.1) is 10.2 Å². The quantitative estimate of drug-likeness (QED) is 0.578. The summed E-state index contributed by atoms with van der Waals surface area (Å²) in [6.07, 6.45) is 5.04. The monoisotopic (exact) mass is 468 g/mol. The average molecular weight is 469 g/mol. The molecule has 1 aromatic carbocycles. The van der Waals surface area contributed by atoms with Gasteiger partial charge in [0.15, 0.2) is 11.3 Å². The molecular weight excluding hydrogens is 438 g/mol. The molecule has 2 N–H and O–H groups in total. The molecule has 7 nitrogen and oxygen atoms in total. The minimum absolute atomic E-state index is 0.155. The number of aryl methyl sites for hydroxylation is 1. The van der Waals surface area contributed by atoms with E-state index >= 15 is 8.78 Å². The maximum Gasteiger partial charge on any atom is 0.271 e. The van der Waals surface area contributed by atoms with E-state index in [1.54, 1.807) is 13.0 Å². The number of nitrogens with one attached hydrogen (secondary N) is 2. The molecule has 0 saturated carbocycles. The standard InChI is InChI=1S/C25H30F2N6O/c1-3-32-8-7-16-9-22(30-31-24(16)32)25(34)29-12-15(2)19-10-21(27)23(11-20(19)26)33-14-17-5-4-6-18(33)13-28-17/h7-11,15,17-18,28H,3-6,12-14H2,1-2H3,(H,29,34)/t15-,17?,18?/m0/s1. The fraction of sp³-hybridized carbons (Fsp3) is 0.480. The first-order valence-electron chi connectivity index (χ1n) is 12.0. The second kappa shape index (κ2) is 9.29. The number of hydrogen-bond donors (Lipinski definition) is 2. The molecule has 3 atom stereocenters. The minimum Gasteiger partial charge on any atom is -0.363 e. The summed E-state index contributed by atoms with van der Waals surface area (Å²) in [5.74, 6) is -1.67. The molecule has 1 amide bonds. The molecule has 2 unspecified atom stereocenters. The van der Waals surface area contributed by atoms with Gasteiger partial charge >= 0.3 is 0 Å². The third-order valence-corrected chi connectivity index (χ3v) is 7.15. The van der Waals surface area contributed by atoms with Crippen LogP contribution < -0.4 is 15.5 Å². The number of anilines is 1. The van der Waals surface area contributed by atoms with Gasteiger partial charge in [-0.25, -0.2) is 8.78 Å². The van der Waals surface area contributed by atoms with Crippen LogP contribution in [0, 0.1) is 11.6 Å². The molecule has 3 aromatic rings. The summed E-state index contributed by atoms with van der Waals surface area (Å²) >= 11 is 0. The summed E-state index contributed by atoms with van der Waals surface area (Å²) in [5, 5.41) is 15.3. The van der Waals surface area contributed by atoms with Crippen molar-refractivity contribution < 1.29 is 13.6 Å². The van der Waals surface area contributed by atoms with Gasteiger partial charge in [0.2, 0.25) is 0 Å². The first-order chi connectivity index (χ1) is 16.4. The molecule has 6 rings (SSSR count). The molecule has 2 bridgehead atoms. The minimum atomic E-state index is -0.451. The Morgan fingerprint density at radius 2 is 2.09 bits per heavy atom. The highest BCUT2D eigenvalue weighted by atomic mass is 19.1. The summed E-state index contributed by atoms with van der Waals surface area (Å²) in [6, 6.07) is 6.68. The lowest BCUT2D eigenvalue weighted by molar-refractivity contribution is 0.0945. The van der Waals surface area contributed by atoms with Gasteiger partial charge in [0, 0.05) is 61.8 Å². The second-order valence-corrected chi connectivity index (χ2v) is 9.39. The van der Waals surface area contributed by atoms with E-state index in [0.717, 1.165) is 43.4 Å². The number of piperazine rings is 1. The van der Waals surface area contributed by atoms with Crippen molar-refractivity contribution in [2.75, 3.05) is 24.5 Å². The second-order valence-electron chi connectivity index (χ2n) is 9.39. The zero-order valence-electron chi connectivity index (χ0n) is 19.5. The van der Waals surface area contributed by atoms with E-state index in [9.17, 15) is 4.79 Å². The number of amides is 1. The van der Waals surface area contributed by atoms with Crippen LogP contribution in [0.25, 0.3) is 11.0 Å². The lowest BCUT2D eigenvalue weighted by atomic mass is 9.98. The molecule has 3 aliphatic heterocycles. The largest absolute Gasteiger partial charge is 0.363 e. The van der Waals surface area contributed by atoms with Gasteiger partial charge < -0.3 is 20.1 Å². The Bertz CT molecular complexity index is 1210. The Kier molecular flexibility index (Phi) is 6.20. The van der Waals surface area contributed by atoms with Crippen molar-refractivity contribution >= 4 is 22.6 Å². The highest BCUT2D eigenvalue weighted by molar-refractivity contribution is 5.95. The van der Waals surface area contributed by atoms with Crippen LogP contribution in [-0.2, 0) is 6.54 Å². The SMILES string of the molecule is CCn1ccc2cc(C(=O)NC[C@H](C)c3cc(F)c(N4CC5CCCC4CN5)cc3F)nnc21. The lowest BCUT2D eigenvalue weighted by Gasteiger charge is -2.39. The molecule has 3 saturated heterocycles. The van der Waals surface area contributed by atoms with Crippen molar-refractivity contribution in [1.82, 2.24) is 25.4 Å². The lowest BCUT2D eigenvalue weighted by Crippen LogP contribution is -2.54. The third kappa shape index (κ3) is 4.24. The number of benzene rings is 1. The van der Waals surface area contributed by atoms with Crippen molar-refractivity contribution in [1.29, 1.82) is 0 Å². The summed E-state index contributed by atoms with van der Waals surface area (Å²) in [7, 11) is 0. The van der Waals surface area contributed by atoms with Crippen LogP contribution in [0.5, 0.6) is 0 Å². The number of halogens is 2. The number of carbonyl (C=O) groups excluding carboxylic acids is 1. The van der Waals surface area contributed by atoms with E-state index in [2.05, 4.69) is 20.8 Å². The number of nitrogens with zero attached hydrogens (tertiary/aromatic N) is 4. The van der Waals surface area contributed by atoms with E-state index in [1.165, 1.54) is 12.1 Å². The zero-order chi connectivity index (χ0) is 23.8. The number of carbonyl (C=O) groups is 1. The van der Waals surface area contributed by atoms with E-state index in [-0.39, 0.29) is 23.8 Å². The predicted molar refractivity (Wildman–Crippen MR) is 127 cm³/mol. The third-order valence-electron chi connectivity index (χ3n) is 7.15. The number of hydrogen-bond acceptors (Lipinski definition) is 5. The summed E-state index contributed by atoms with van der Waals surface area (Å²) in [5.41, 5.74) is 1.50. The van der Waals surface area contributed by atoms with Crippen LogP contribution in [-0.4, -0.2) is 52.4 Å². The van der Waals surface area contributed by atoms with Gasteiger partial charge in [-0.2, -0.15) is 0 Å². The molecule has 2 aromatic heterocycles. The van der Waals surface area contributed by atoms with Gasteiger partial charge in [0.1, 0.15) is 11.6 Å². The highest BCUT2D eigenvalue weighted by Gasteiger charge is 2.33. The molecule has 9 heteroatoms. The Balaban J connectivity index is 1.28. The molecule has 5 heterocycles. The summed E-state index contributed by atoms with van der Waals surface area (Å²) < 4.78 is 32.2. The molecule has 34 heavy (non-hydrogen) atoms. The number of fused-ring (bicyclic) bond motifs is 5. The fourth-order valence-electron chi connectivity index (χ4n) is 5.16. The average Bonchev–Trinajstić information content (AvgIpc) is 2.98. The van der Waals surface area contributed by atoms with Gasteiger partial charge in [-0.3, -0.25) is 4.79 Å². The number of rotatable bonds is 6. The maximum absolute atomic E-state index is 15.1. The molecule has 0 radical (unpaired) electrons. The Hall–Kier alpha value is -3.07. The molecular formula is C25H30F2N6O. The first kappa shape index (κ1) is 22.7. The number of aromatic nitrogens is 3. The normalized spacial score (nSPS) is 21.0. The Morgan fingerprint density at radius 3 is 2.91 bits per heavy atom. The predicted octanol–water partition coefficient (Wildman–Crippen LogP) is 3.59. The summed E-state index contributed by atoms with van der Waals surface area (Å²) in [6.45, 7) is 6.19. The van der Waals surface area contributed by atoms with E-state index in [1.807, 2.05) is 28.7 Å². The van der Waals surface area contributed by atoms with Crippen molar-refractivity contribution in [2.45, 2.75) is 57.7 Å². The van der Waals surface area contributed by atoms with E-state index in [0.29, 0.717) is 18.3 Å². The van der Waals surface area contributed by atoms with E-state index in [4.69, 9.17) is 0 Å². The summed E-state index contributed by atoms with van der Waals surface area (Å²) in [4.78, 5) is 14.6. The maximum atomic E-state index is 15.1. The first-order valence-corrected chi connectivity index (χ1v) is 12.0. The van der Waals surface area contributed by atoms with Crippen LogP contribution in [0.2, 0.25) is 0 Å². The van der Waals surface area contributed by atoms with Gasteiger partial charge in [-0.05, 0) is 49.9 Å². The fourth-order valence-corrected chi connectivity index (χ4v) is 5.16. The van der Waals surface area contributed by atoms with Gasteiger partial charge in [0.25, 0.3) is 5.91 Å². The van der Waals surface area contributed by atoms with Crippen LogP contribution >= 0.6 is 0 Å². The topological polar surface area (TPSA) is 75.1 Å². The van der Waals surface area contributed by atoms with E-state index < -0.39 is 23.5 Å². The Labute approximate surface area is 197 Å². The van der Waals surface area contributed by atoms with Crippen LogP contribution in [0.3, 0.4) is 0 Å². The van der Waals surface area contributed by atoms with Crippen molar-refractivity contribution in [3.63, 3.8) is 0 Å². The highest BCUT2D eigenvalue weighted by Crippen LogP contribution is 2.32. The molecule has 3 fully saturated rings. The van der Waals surface area contributed by atoms with Crippen molar-refractivity contribution in [2.24, 2.45) is 0 Å². The van der Waals surface area contributed by atoms with Gasteiger partial charge in [0.05, 0.1) is 5.69 Å². The molecule has 180 valence electrons. The van der Waals surface area contributed by atoms with Crippen molar-refractivity contribution in [3.05, 3.63) is 53.4 Å². The molecule has 0 spiro atoms. The zero-order valence-corrected chi connectivity index (χ0v) is 19.5. The van der Waals surface area contributed by atoms with Crippen molar-refractivity contribution in [3.8, 4) is 0 Å². The molecule has 3 aliphatic rings. The van der Waals surface area contributed by atoms with Gasteiger partial charge in [-0.1, -0.05) is 6.92 Å². The Morgan fingerprint density at radius 1 is 1.24 bits per heavy atom. The van der Waals surface area contributed by atoms with Crippen LogP contribution in [0.4, 0.5) is 14.5 Å². The molecule has 0 aliphatic carbocycles. The van der Waals surface area contributed by atoms with Crippen LogP contribution in [0.1, 0.15) is 55.1 Å².